The van der Waals surface area contributed by atoms with Crippen molar-refractivity contribution < 1.29 is 0 Å². The second-order valence-corrected chi connectivity index (χ2v) is 5.85. The predicted molar refractivity (Wildman–Crippen MR) is 88.5 cm³/mol. The van der Waals surface area contributed by atoms with E-state index in [1.165, 1.54) is 11.1 Å². The zero-order valence-electron chi connectivity index (χ0n) is 12.8. The van der Waals surface area contributed by atoms with Crippen molar-refractivity contribution >= 4 is 16.7 Å². The number of imidazole rings is 1. The molecule has 3 nitrogen and oxygen atoms in total. The van der Waals surface area contributed by atoms with Crippen molar-refractivity contribution in [3.05, 3.63) is 59.4 Å². The molecule has 0 aliphatic rings. The minimum atomic E-state index is 0.362. The van der Waals surface area contributed by atoms with Crippen LogP contribution in [0.1, 0.15) is 36.7 Å². The fourth-order valence-electron chi connectivity index (χ4n) is 2.75. The summed E-state index contributed by atoms with van der Waals surface area (Å²) in [7, 11) is 0. The van der Waals surface area contributed by atoms with Gasteiger partial charge in [-0.1, -0.05) is 44.2 Å². The van der Waals surface area contributed by atoms with E-state index in [1.54, 1.807) is 0 Å². The fourth-order valence-corrected chi connectivity index (χ4v) is 2.75. The van der Waals surface area contributed by atoms with E-state index in [0.29, 0.717) is 5.92 Å². The summed E-state index contributed by atoms with van der Waals surface area (Å²) in [5.74, 6) is 1.45. The van der Waals surface area contributed by atoms with Gasteiger partial charge in [0, 0.05) is 12.5 Å². The lowest BCUT2D eigenvalue weighted by atomic mass is 10.1. The van der Waals surface area contributed by atoms with Crippen molar-refractivity contribution in [3.63, 3.8) is 0 Å². The lowest BCUT2D eigenvalue weighted by molar-refractivity contribution is 0.682. The number of aromatic nitrogens is 2. The van der Waals surface area contributed by atoms with Crippen LogP contribution in [0, 0.1) is 6.92 Å². The van der Waals surface area contributed by atoms with E-state index < -0.39 is 0 Å². The number of nitrogens with two attached hydrogens (primary N) is 1. The molecule has 108 valence electrons. The molecule has 0 spiro atoms. The molecule has 0 radical (unpaired) electrons. The number of aryl methyl sites for hydroxylation is 1. The first-order valence-electron chi connectivity index (χ1n) is 7.37. The fraction of sp³-hybridized carbons (Fsp3) is 0.278. The predicted octanol–water partition coefficient (Wildman–Crippen LogP) is 4.10. The molecule has 0 saturated carbocycles. The van der Waals surface area contributed by atoms with Crippen LogP contribution in [-0.4, -0.2) is 9.55 Å². The van der Waals surface area contributed by atoms with Crippen molar-refractivity contribution in [2.45, 2.75) is 33.2 Å². The first kappa shape index (κ1) is 13.7. The van der Waals surface area contributed by atoms with Gasteiger partial charge >= 0.3 is 0 Å². The van der Waals surface area contributed by atoms with Crippen LogP contribution >= 0.6 is 0 Å². The van der Waals surface area contributed by atoms with Crippen LogP contribution in [0.2, 0.25) is 0 Å². The first-order chi connectivity index (χ1) is 10.1. The zero-order chi connectivity index (χ0) is 15.0. The summed E-state index contributed by atoms with van der Waals surface area (Å²) in [4.78, 5) is 4.78. The number of para-hydroxylation sites is 1. The Morgan fingerprint density at radius 1 is 1.10 bits per heavy atom. The maximum Gasteiger partial charge on any atom is 0.112 e. The molecule has 3 heteroatoms. The van der Waals surface area contributed by atoms with Gasteiger partial charge in [-0.15, -0.1) is 0 Å². The van der Waals surface area contributed by atoms with Gasteiger partial charge in [-0.3, -0.25) is 0 Å². The molecular weight excluding hydrogens is 258 g/mol. The lowest BCUT2D eigenvalue weighted by Gasteiger charge is -2.13. The van der Waals surface area contributed by atoms with Crippen molar-refractivity contribution in [3.8, 4) is 0 Å². The molecule has 0 unspecified atom stereocenters. The Hall–Kier alpha value is -2.29. The van der Waals surface area contributed by atoms with Crippen LogP contribution in [0.15, 0.2) is 42.5 Å². The van der Waals surface area contributed by atoms with Gasteiger partial charge in [0.25, 0.3) is 0 Å². The molecule has 0 saturated heterocycles. The van der Waals surface area contributed by atoms with E-state index in [0.717, 1.165) is 29.1 Å². The molecule has 0 atom stereocenters. The van der Waals surface area contributed by atoms with E-state index in [4.69, 9.17) is 10.7 Å². The summed E-state index contributed by atoms with van der Waals surface area (Å²) in [6.45, 7) is 7.33. The summed E-state index contributed by atoms with van der Waals surface area (Å²) in [5.41, 5.74) is 11.5. The van der Waals surface area contributed by atoms with Crippen LogP contribution < -0.4 is 5.73 Å². The molecule has 0 aliphatic carbocycles. The molecule has 1 aromatic heterocycles. The Balaban J connectivity index is 2.19. The van der Waals surface area contributed by atoms with Crippen LogP contribution in [0.25, 0.3) is 11.0 Å². The average molecular weight is 279 g/mol. The highest BCUT2D eigenvalue weighted by Crippen LogP contribution is 2.27. The Bertz CT molecular complexity index is 784. The van der Waals surface area contributed by atoms with Crippen molar-refractivity contribution in [1.82, 2.24) is 9.55 Å². The molecule has 0 aliphatic heterocycles. The van der Waals surface area contributed by atoms with E-state index in [9.17, 15) is 0 Å². The summed E-state index contributed by atoms with van der Waals surface area (Å²) in [5, 5.41) is 0. The van der Waals surface area contributed by atoms with Crippen LogP contribution in [0.4, 0.5) is 5.69 Å². The monoisotopic (exact) mass is 279 g/mol. The molecule has 0 fully saturated rings. The summed E-state index contributed by atoms with van der Waals surface area (Å²) in [6.07, 6.45) is 0. The minimum Gasteiger partial charge on any atom is -0.397 e. The maximum atomic E-state index is 6.09. The van der Waals surface area contributed by atoms with Gasteiger partial charge in [-0.25, -0.2) is 4.98 Å². The topological polar surface area (TPSA) is 43.8 Å². The van der Waals surface area contributed by atoms with Crippen molar-refractivity contribution in [2.24, 2.45) is 0 Å². The van der Waals surface area contributed by atoms with E-state index in [2.05, 4.69) is 55.7 Å². The summed E-state index contributed by atoms with van der Waals surface area (Å²) >= 11 is 0. The summed E-state index contributed by atoms with van der Waals surface area (Å²) in [6, 6.07) is 14.5. The molecule has 2 N–H and O–H groups in total. The Morgan fingerprint density at radius 2 is 1.86 bits per heavy atom. The average Bonchev–Trinajstić information content (AvgIpc) is 2.82. The van der Waals surface area contributed by atoms with Crippen LogP contribution in [0.5, 0.6) is 0 Å². The quantitative estimate of drug-likeness (QED) is 0.734. The SMILES string of the molecule is Cc1ccccc1Cn1c(C(C)C)nc2c(N)cccc21. The van der Waals surface area contributed by atoms with E-state index in [1.807, 2.05) is 12.1 Å². The molecule has 1 heterocycles. The smallest absolute Gasteiger partial charge is 0.112 e. The zero-order valence-corrected chi connectivity index (χ0v) is 12.8. The number of benzene rings is 2. The maximum absolute atomic E-state index is 6.09. The number of anilines is 1. The third kappa shape index (κ3) is 2.40. The van der Waals surface area contributed by atoms with Gasteiger partial charge in [-0.2, -0.15) is 0 Å². The first-order valence-corrected chi connectivity index (χ1v) is 7.37. The molecular formula is C18H21N3. The Kier molecular flexibility index (Phi) is 3.42. The number of fused-ring (bicyclic) bond motifs is 1. The van der Waals surface area contributed by atoms with Crippen LogP contribution in [-0.2, 0) is 6.54 Å². The Labute approximate surface area is 125 Å². The van der Waals surface area contributed by atoms with Gasteiger partial charge in [0.15, 0.2) is 0 Å². The largest absolute Gasteiger partial charge is 0.397 e. The standard InChI is InChI=1S/C18H21N3/c1-12(2)18-20-17-15(19)9-6-10-16(17)21(18)11-14-8-5-4-7-13(14)3/h4-10,12H,11,19H2,1-3H3. The number of hydrogen-bond acceptors (Lipinski definition) is 2. The minimum absolute atomic E-state index is 0.362. The summed E-state index contributed by atoms with van der Waals surface area (Å²) < 4.78 is 2.29. The molecule has 0 amide bonds. The van der Waals surface area contributed by atoms with E-state index in [-0.39, 0.29) is 0 Å². The second kappa shape index (κ2) is 5.24. The molecule has 3 rings (SSSR count). The number of hydrogen-bond donors (Lipinski definition) is 1. The lowest BCUT2D eigenvalue weighted by Crippen LogP contribution is -2.07. The normalized spacial score (nSPS) is 11.4. The van der Waals surface area contributed by atoms with Gasteiger partial charge in [-0.05, 0) is 30.2 Å². The number of nitrogens with zero attached hydrogens (tertiary/aromatic N) is 2. The third-order valence-corrected chi connectivity index (χ3v) is 3.95. The second-order valence-electron chi connectivity index (χ2n) is 5.85. The Morgan fingerprint density at radius 3 is 2.57 bits per heavy atom. The highest BCUT2D eigenvalue weighted by molar-refractivity contribution is 5.87. The molecule has 0 bridgehead atoms. The van der Waals surface area contributed by atoms with Gasteiger partial charge in [0.05, 0.1) is 11.2 Å². The van der Waals surface area contributed by atoms with Crippen LogP contribution in [0.3, 0.4) is 0 Å². The third-order valence-electron chi connectivity index (χ3n) is 3.95. The van der Waals surface area contributed by atoms with Gasteiger partial charge in [0.2, 0.25) is 0 Å². The molecule has 3 aromatic rings. The van der Waals surface area contributed by atoms with E-state index >= 15 is 0 Å². The van der Waals surface area contributed by atoms with Gasteiger partial charge in [0.1, 0.15) is 11.3 Å². The van der Waals surface area contributed by atoms with Crippen molar-refractivity contribution in [2.75, 3.05) is 5.73 Å². The van der Waals surface area contributed by atoms with Gasteiger partial charge < -0.3 is 10.3 Å². The van der Waals surface area contributed by atoms with Crippen molar-refractivity contribution in [1.29, 1.82) is 0 Å². The highest BCUT2D eigenvalue weighted by Gasteiger charge is 2.15. The highest BCUT2D eigenvalue weighted by atomic mass is 15.1. The number of rotatable bonds is 3. The molecule has 21 heavy (non-hydrogen) atoms. The molecule has 2 aromatic carbocycles. The number of nitrogen functional groups attached to an aromatic ring is 1.